The zero-order valence-corrected chi connectivity index (χ0v) is 9.99. The van der Waals surface area contributed by atoms with Crippen LogP contribution in [-0.2, 0) is 6.42 Å². The summed E-state index contributed by atoms with van der Waals surface area (Å²) in [6.45, 7) is 9.86. The Hall–Kier alpha value is -1.64. The first-order valence-corrected chi connectivity index (χ1v) is 5.35. The van der Waals surface area contributed by atoms with Crippen LogP contribution in [0.1, 0.15) is 31.9 Å². The maximum atomic E-state index is 11.0. The molecule has 0 N–H and O–H groups in total. The quantitative estimate of drug-likeness (QED) is 0.570. The van der Waals surface area contributed by atoms with Crippen LogP contribution in [0.5, 0.6) is 0 Å². The van der Waals surface area contributed by atoms with Crippen LogP contribution in [0.15, 0.2) is 24.8 Å². The molecule has 0 aromatic heterocycles. The molecule has 0 heterocycles. The number of rotatable bonds is 4. The first-order chi connectivity index (χ1) is 7.43. The molecule has 0 fully saturated rings. The third-order valence-electron chi connectivity index (χ3n) is 2.42. The van der Waals surface area contributed by atoms with Crippen molar-refractivity contribution in [3.63, 3.8) is 0 Å². The van der Waals surface area contributed by atoms with Crippen LogP contribution in [0, 0.1) is 16.0 Å². The highest BCUT2D eigenvalue weighted by Gasteiger charge is 2.18. The monoisotopic (exact) mass is 219 g/mol. The van der Waals surface area contributed by atoms with Crippen LogP contribution in [0.2, 0.25) is 0 Å². The molecular weight excluding hydrogens is 202 g/mol. The summed E-state index contributed by atoms with van der Waals surface area (Å²) in [5, 5.41) is 11.0. The van der Waals surface area contributed by atoms with Gasteiger partial charge < -0.3 is 0 Å². The van der Waals surface area contributed by atoms with E-state index >= 15 is 0 Å². The molecule has 1 rings (SSSR count). The van der Waals surface area contributed by atoms with E-state index in [0.717, 1.165) is 16.7 Å². The molecule has 0 radical (unpaired) electrons. The van der Waals surface area contributed by atoms with Crippen molar-refractivity contribution in [2.24, 2.45) is 5.92 Å². The standard InChI is InChI=1S/C13H17NO2/c1-9(2)8-12-11(10(3)4)6-5-7-13(12)14(15)16/h5-7,9H,3,8H2,1-2,4H3. The van der Waals surface area contributed by atoms with Gasteiger partial charge in [0.15, 0.2) is 0 Å². The van der Waals surface area contributed by atoms with Crippen LogP contribution in [0.4, 0.5) is 5.69 Å². The maximum absolute atomic E-state index is 11.0. The summed E-state index contributed by atoms with van der Waals surface area (Å²) in [5.74, 6) is 0.388. The smallest absolute Gasteiger partial charge is 0.258 e. The van der Waals surface area contributed by atoms with Crippen molar-refractivity contribution < 1.29 is 4.92 Å². The van der Waals surface area contributed by atoms with Gasteiger partial charge in [-0.3, -0.25) is 10.1 Å². The summed E-state index contributed by atoms with van der Waals surface area (Å²) in [4.78, 5) is 10.6. The highest BCUT2D eigenvalue weighted by molar-refractivity contribution is 5.68. The Bertz CT molecular complexity index is 390. The lowest BCUT2D eigenvalue weighted by atomic mass is 9.93. The number of benzene rings is 1. The SMILES string of the molecule is C=C(C)c1cccc([N+](=O)[O-])c1CC(C)C. The van der Waals surface area contributed by atoms with Gasteiger partial charge in [-0.2, -0.15) is 0 Å². The van der Waals surface area contributed by atoms with Gasteiger partial charge in [-0.15, -0.1) is 0 Å². The minimum atomic E-state index is -0.315. The van der Waals surface area contributed by atoms with E-state index in [2.05, 4.69) is 20.4 Å². The second kappa shape index (κ2) is 4.92. The van der Waals surface area contributed by atoms with E-state index in [1.165, 1.54) is 0 Å². The fourth-order valence-electron chi connectivity index (χ4n) is 1.77. The van der Waals surface area contributed by atoms with Crippen molar-refractivity contribution >= 4 is 11.3 Å². The number of nitro groups is 1. The van der Waals surface area contributed by atoms with Crippen LogP contribution < -0.4 is 0 Å². The molecule has 3 nitrogen and oxygen atoms in total. The number of allylic oxidation sites excluding steroid dienone is 1. The second-order valence-electron chi connectivity index (χ2n) is 4.44. The lowest BCUT2D eigenvalue weighted by molar-refractivity contribution is -0.385. The van der Waals surface area contributed by atoms with E-state index in [9.17, 15) is 10.1 Å². The summed E-state index contributed by atoms with van der Waals surface area (Å²) in [6, 6.07) is 5.17. The Morgan fingerprint density at radius 2 is 2.12 bits per heavy atom. The van der Waals surface area contributed by atoms with Crippen LogP contribution >= 0.6 is 0 Å². The largest absolute Gasteiger partial charge is 0.273 e. The first kappa shape index (κ1) is 12.4. The van der Waals surface area contributed by atoms with Crippen LogP contribution in [0.25, 0.3) is 5.57 Å². The van der Waals surface area contributed by atoms with E-state index in [1.807, 2.05) is 13.0 Å². The predicted molar refractivity (Wildman–Crippen MR) is 66.3 cm³/mol. The molecular formula is C13H17NO2. The van der Waals surface area contributed by atoms with Gasteiger partial charge >= 0.3 is 0 Å². The molecule has 86 valence electrons. The van der Waals surface area contributed by atoms with Gasteiger partial charge in [0.25, 0.3) is 5.69 Å². The Morgan fingerprint density at radius 3 is 2.56 bits per heavy atom. The summed E-state index contributed by atoms with van der Waals surface area (Å²) < 4.78 is 0. The molecule has 0 bridgehead atoms. The zero-order chi connectivity index (χ0) is 12.3. The topological polar surface area (TPSA) is 43.1 Å². The van der Waals surface area contributed by atoms with Crippen molar-refractivity contribution in [3.8, 4) is 0 Å². The van der Waals surface area contributed by atoms with Crippen molar-refractivity contribution in [2.45, 2.75) is 27.2 Å². The summed E-state index contributed by atoms with van der Waals surface area (Å²) >= 11 is 0. The summed E-state index contributed by atoms with van der Waals surface area (Å²) in [6.07, 6.45) is 0.708. The number of hydrogen-bond acceptors (Lipinski definition) is 2. The lowest BCUT2D eigenvalue weighted by Gasteiger charge is -2.11. The van der Waals surface area contributed by atoms with Gasteiger partial charge in [-0.05, 0) is 24.8 Å². The van der Waals surface area contributed by atoms with Gasteiger partial charge in [0.05, 0.1) is 4.92 Å². The van der Waals surface area contributed by atoms with E-state index in [1.54, 1.807) is 12.1 Å². The minimum Gasteiger partial charge on any atom is -0.258 e. The van der Waals surface area contributed by atoms with Gasteiger partial charge in [-0.25, -0.2) is 0 Å². The fraction of sp³-hybridized carbons (Fsp3) is 0.385. The third-order valence-corrected chi connectivity index (χ3v) is 2.42. The van der Waals surface area contributed by atoms with Gasteiger partial charge in [-0.1, -0.05) is 38.1 Å². The number of hydrogen-bond donors (Lipinski definition) is 0. The average Bonchev–Trinajstić information content (AvgIpc) is 2.16. The average molecular weight is 219 g/mol. The van der Waals surface area contributed by atoms with E-state index in [0.29, 0.717) is 12.3 Å². The Morgan fingerprint density at radius 1 is 1.50 bits per heavy atom. The zero-order valence-electron chi connectivity index (χ0n) is 9.99. The molecule has 0 aliphatic heterocycles. The van der Waals surface area contributed by atoms with E-state index in [-0.39, 0.29) is 10.6 Å². The highest BCUT2D eigenvalue weighted by atomic mass is 16.6. The molecule has 1 aromatic rings. The third kappa shape index (κ3) is 2.69. The molecule has 0 saturated heterocycles. The number of nitrogens with zero attached hydrogens (tertiary/aromatic N) is 1. The van der Waals surface area contributed by atoms with Crippen molar-refractivity contribution in [1.82, 2.24) is 0 Å². The Kier molecular flexibility index (Phi) is 3.82. The maximum Gasteiger partial charge on any atom is 0.273 e. The molecule has 0 aliphatic carbocycles. The van der Waals surface area contributed by atoms with Crippen LogP contribution in [0.3, 0.4) is 0 Å². The first-order valence-electron chi connectivity index (χ1n) is 5.35. The molecule has 1 aromatic carbocycles. The Labute approximate surface area is 95.9 Å². The molecule has 0 atom stereocenters. The van der Waals surface area contributed by atoms with Crippen molar-refractivity contribution in [3.05, 3.63) is 46.0 Å². The van der Waals surface area contributed by atoms with Crippen molar-refractivity contribution in [2.75, 3.05) is 0 Å². The second-order valence-corrected chi connectivity index (χ2v) is 4.44. The molecule has 3 heteroatoms. The number of nitro benzene ring substituents is 1. The van der Waals surface area contributed by atoms with Gasteiger partial charge in [0.1, 0.15) is 0 Å². The van der Waals surface area contributed by atoms with E-state index < -0.39 is 0 Å². The Balaban J connectivity index is 3.34. The fourth-order valence-corrected chi connectivity index (χ4v) is 1.77. The normalized spacial score (nSPS) is 10.5. The molecule has 0 saturated carbocycles. The van der Waals surface area contributed by atoms with E-state index in [4.69, 9.17) is 0 Å². The minimum absolute atomic E-state index is 0.203. The highest BCUT2D eigenvalue weighted by Crippen LogP contribution is 2.28. The molecule has 0 amide bonds. The van der Waals surface area contributed by atoms with Crippen LogP contribution in [-0.4, -0.2) is 4.92 Å². The van der Waals surface area contributed by atoms with Crippen molar-refractivity contribution in [1.29, 1.82) is 0 Å². The molecule has 0 unspecified atom stereocenters. The molecule has 0 spiro atoms. The van der Waals surface area contributed by atoms with Gasteiger partial charge in [0, 0.05) is 11.6 Å². The molecule has 16 heavy (non-hydrogen) atoms. The summed E-state index contributed by atoms with van der Waals surface area (Å²) in [7, 11) is 0. The predicted octanol–water partition coefficient (Wildman–Crippen LogP) is 3.83. The lowest BCUT2D eigenvalue weighted by Crippen LogP contribution is -2.03. The molecule has 0 aliphatic rings. The van der Waals surface area contributed by atoms with Gasteiger partial charge in [0.2, 0.25) is 0 Å². The summed E-state index contributed by atoms with van der Waals surface area (Å²) in [5.41, 5.74) is 2.78.